The summed E-state index contributed by atoms with van der Waals surface area (Å²) in [5.41, 5.74) is 1.97. The molecule has 0 aliphatic heterocycles. The maximum absolute atomic E-state index is 12.4. The molecule has 0 aromatic heterocycles. The molecule has 3 rings (SSSR count). The zero-order valence-electron chi connectivity index (χ0n) is 11.7. The predicted octanol–water partition coefficient (Wildman–Crippen LogP) is 1.26. The summed E-state index contributed by atoms with van der Waals surface area (Å²) < 4.78 is 0. The third-order valence-corrected chi connectivity index (χ3v) is 4.67. The van der Waals surface area contributed by atoms with Gasteiger partial charge in [0.25, 0.3) is 0 Å². The molecule has 3 N–H and O–H groups in total. The summed E-state index contributed by atoms with van der Waals surface area (Å²) in [6.45, 7) is 0. The summed E-state index contributed by atoms with van der Waals surface area (Å²) in [5, 5.41) is 22.2. The molecule has 0 unspecified atom stereocenters. The van der Waals surface area contributed by atoms with Crippen molar-refractivity contribution in [2.45, 2.75) is 37.8 Å². The summed E-state index contributed by atoms with van der Waals surface area (Å²) in [5.74, 6) is -2.23. The summed E-state index contributed by atoms with van der Waals surface area (Å²) in [4.78, 5) is 23.6. The zero-order valence-corrected chi connectivity index (χ0v) is 11.7. The van der Waals surface area contributed by atoms with Crippen LogP contribution in [0.25, 0.3) is 0 Å². The van der Waals surface area contributed by atoms with Crippen LogP contribution in [-0.4, -0.2) is 28.2 Å². The first-order chi connectivity index (χ1) is 10.1. The number of hydrogen-bond acceptors (Lipinski definition) is 3. The largest absolute Gasteiger partial charge is 0.481 e. The molecule has 112 valence electrons. The Morgan fingerprint density at radius 3 is 2.62 bits per heavy atom. The SMILES string of the molecule is O=C(O)[C@H]1CCC[C@H]1C(=O)N[C@@H]1c2ccccc2C[C@@H]1O. The van der Waals surface area contributed by atoms with Gasteiger partial charge >= 0.3 is 5.97 Å². The Labute approximate surface area is 123 Å². The van der Waals surface area contributed by atoms with Crippen molar-refractivity contribution < 1.29 is 19.8 Å². The summed E-state index contributed by atoms with van der Waals surface area (Å²) in [6, 6.07) is 7.21. The van der Waals surface area contributed by atoms with Crippen LogP contribution in [0, 0.1) is 11.8 Å². The number of nitrogens with one attached hydrogen (secondary N) is 1. The lowest BCUT2D eigenvalue weighted by Gasteiger charge is -2.22. The van der Waals surface area contributed by atoms with Crippen LogP contribution in [0.1, 0.15) is 36.4 Å². The molecule has 0 spiro atoms. The van der Waals surface area contributed by atoms with Gasteiger partial charge in [0.2, 0.25) is 5.91 Å². The van der Waals surface area contributed by atoms with Gasteiger partial charge in [-0.2, -0.15) is 0 Å². The Morgan fingerprint density at radius 2 is 1.86 bits per heavy atom. The lowest BCUT2D eigenvalue weighted by molar-refractivity contribution is -0.146. The molecule has 21 heavy (non-hydrogen) atoms. The van der Waals surface area contributed by atoms with E-state index >= 15 is 0 Å². The van der Waals surface area contributed by atoms with Gasteiger partial charge in [0, 0.05) is 6.42 Å². The number of carbonyl (C=O) groups excluding carboxylic acids is 1. The molecule has 2 aliphatic rings. The third-order valence-electron chi connectivity index (χ3n) is 4.67. The van der Waals surface area contributed by atoms with Crippen LogP contribution in [0.2, 0.25) is 0 Å². The fourth-order valence-electron chi connectivity index (χ4n) is 3.58. The minimum absolute atomic E-state index is 0.249. The average molecular weight is 289 g/mol. The maximum atomic E-state index is 12.4. The van der Waals surface area contributed by atoms with Gasteiger partial charge in [-0.05, 0) is 24.0 Å². The zero-order chi connectivity index (χ0) is 15.0. The van der Waals surface area contributed by atoms with E-state index in [0.29, 0.717) is 19.3 Å². The number of hydrogen-bond donors (Lipinski definition) is 3. The fourth-order valence-corrected chi connectivity index (χ4v) is 3.58. The van der Waals surface area contributed by atoms with Crippen LogP contribution in [0.5, 0.6) is 0 Å². The van der Waals surface area contributed by atoms with Gasteiger partial charge in [-0.1, -0.05) is 30.7 Å². The van der Waals surface area contributed by atoms with Crippen molar-refractivity contribution in [1.29, 1.82) is 0 Å². The number of amides is 1. The predicted molar refractivity (Wildman–Crippen MR) is 75.5 cm³/mol. The molecular formula is C16H19NO4. The molecule has 0 saturated heterocycles. The maximum Gasteiger partial charge on any atom is 0.307 e. The highest BCUT2D eigenvalue weighted by molar-refractivity contribution is 5.85. The minimum atomic E-state index is -0.903. The number of rotatable bonds is 3. The number of aliphatic hydroxyl groups is 1. The molecule has 1 aromatic carbocycles. The Balaban J connectivity index is 1.75. The number of carboxylic acid groups (broad SMARTS) is 1. The lowest BCUT2D eigenvalue weighted by Crippen LogP contribution is -2.40. The lowest BCUT2D eigenvalue weighted by atomic mass is 9.94. The minimum Gasteiger partial charge on any atom is -0.481 e. The smallest absolute Gasteiger partial charge is 0.307 e. The molecular weight excluding hydrogens is 270 g/mol. The van der Waals surface area contributed by atoms with Crippen LogP contribution < -0.4 is 5.32 Å². The Bertz CT molecular complexity index is 571. The van der Waals surface area contributed by atoms with Gasteiger partial charge in [-0.25, -0.2) is 0 Å². The van der Waals surface area contributed by atoms with Crippen molar-refractivity contribution in [3.05, 3.63) is 35.4 Å². The molecule has 0 bridgehead atoms. The quantitative estimate of drug-likeness (QED) is 0.782. The van der Waals surface area contributed by atoms with Gasteiger partial charge < -0.3 is 15.5 Å². The summed E-state index contributed by atoms with van der Waals surface area (Å²) in [7, 11) is 0. The van der Waals surface area contributed by atoms with Crippen LogP contribution in [-0.2, 0) is 16.0 Å². The van der Waals surface area contributed by atoms with E-state index < -0.39 is 30.0 Å². The molecule has 1 amide bonds. The summed E-state index contributed by atoms with van der Waals surface area (Å²) >= 11 is 0. The van der Waals surface area contributed by atoms with Crippen LogP contribution in [0.15, 0.2) is 24.3 Å². The van der Waals surface area contributed by atoms with Gasteiger partial charge in [0.15, 0.2) is 0 Å². The molecule has 5 nitrogen and oxygen atoms in total. The Kier molecular flexibility index (Phi) is 3.68. The summed E-state index contributed by atoms with van der Waals surface area (Å²) in [6.07, 6.45) is 1.80. The van der Waals surface area contributed by atoms with Crippen molar-refractivity contribution in [3.63, 3.8) is 0 Å². The van der Waals surface area contributed by atoms with Gasteiger partial charge in [-0.3, -0.25) is 9.59 Å². The number of benzene rings is 1. The van der Waals surface area contributed by atoms with E-state index in [1.165, 1.54) is 0 Å². The van der Waals surface area contributed by atoms with Crippen molar-refractivity contribution in [2.24, 2.45) is 11.8 Å². The van der Waals surface area contributed by atoms with Crippen molar-refractivity contribution in [3.8, 4) is 0 Å². The molecule has 1 aromatic rings. The molecule has 4 atom stereocenters. The number of carbonyl (C=O) groups is 2. The topological polar surface area (TPSA) is 86.6 Å². The van der Waals surface area contributed by atoms with Crippen molar-refractivity contribution in [1.82, 2.24) is 5.32 Å². The van der Waals surface area contributed by atoms with Gasteiger partial charge in [0.1, 0.15) is 0 Å². The molecule has 0 radical (unpaired) electrons. The molecule has 1 saturated carbocycles. The Hall–Kier alpha value is -1.88. The van der Waals surface area contributed by atoms with E-state index in [9.17, 15) is 19.8 Å². The molecule has 2 aliphatic carbocycles. The van der Waals surface area contributed by atoms with Gasteiger partial charge in [-0.15, -0.1) is 0 Å². The second-order valence-electron chi connectivity index (χ2n) is 5.94. The molecule has 5 heteroatoms. The second kappa shape index (κ2) is 5.48. The first-order valence-corrected chi connectivity index (χ1v) is 7.37. The Morgan fingerprint density at radius 1 is 1.14 bits per heavy atom. The fraction of sp³-hybridized carbons (Fsp3) is 0.500. The molecule has 0 heterocycles. The van der Waals surface area contributed by atoms with E-state index in [0.717, 1.165) is 17.5 Å². The number of fused-ring (bicyclic) bond motifs is 1. The first kappa shape index (κ1) is 14.1. The van der Waals surface area contributed by atoms with Gasteiger partial charge in [0.05, 0.1) is 24.0 Å². The van der Waals surface area contributed by atoms with Crippen LogP contribution in [0.4, 0.5) is 0 Å². The molecule has 1 fully saturated rings. The van der Waals surface area contributed by atoms with Crippen LogP contribution >= 0.6 is 0 Å². The highest BCUT2D eigenvalue weighted by Crippen LogP contribution is 2.35. The second-order valence-corrected chi connectivity index (χ2v) is 5.94. The van der Waals surface area contributed by atoms with E-state index in [1.807, 2.05) is 24.3 Å². The van der Waals surface area contributed by atoms with E-state index in [2.05, 4.69) is 5.32 Å². The standard InChI is InChI=1S/C16H19NO4/c18-13-8-9-4-1-2-5-10(9)14(13)17-15(19)11-6-3-7-12(11)16(20)21/h1-2,4-5,11-14,18H,3,6-8H2,(H,17,19)(H,20,21)/t11-,12+,13+,14-/m1/s1. The van der Waals surface area contributed by atoms with Crippen molar-refractivity contribution >= 4 is 11.9 Å². The number of carboxylic acids is 1. The number of aliphatic hydroxyl groups excluding tert-OH is 1. The van der Waals surface area contributed by atoms with E-state index in [1.54, 1.807) is 0 Å². The highest BCUT2D eigenvalue weighted by atomic mass is 16.4. The van der Waals surface area contributed by atoms with Crippen LogP contribution in [0.3, 0.4) is 0 Å². The van der Waals surface area contributed by atoms with E-state index in [4.69, 9.17) is 0 Å². The number of aliphatic carboxylic acids is 1. The average Bonchev–Trinajstić information content (AvgIpc) is 3.04. The van der Waals surface area contributed by atoms with E-state index in [-0.39, 0.29) is 5.91 Å². The third kappa shape index (κ3) is 2.53. The normalized spacial score (nSPS) is 30.9. The van der Waals surface area contributed by atoms with Crippen molar-refractivity contribution in [2.75, 3.05) is 0 Å². The highest BCUT2D eigenvalue weighted by Gasteiger charge is 2.40. The monoisotopic (exact) mass is 289 g/mol. The first-order valence-electron chi connectivity index (χ1n) is 7.37.